The first-order chi connectivity index (χ1) is 11.4. The second-order valence-electron chi connectivity index (χ2n) is 8.03. The van der Waals surface area contributed by atoms with E-state index in [4.69, 9.17) is 4.74 Å². The molecule has 1 amide bonds. The third-order valence-electron chi connectivity index (χ3n) is 6.60. The summed E-state index contributed by atoms with van der Waals surface area (Å²) < 4.78 is 5.14. The number of carbonyl (C=O) groups is 1. The molecule has 2 aromatic heterocycles. The Bertz CT molecular complexity index is 795. The van der Waals surface area contributed by atoms with Crippen LogP contribution in [0.2, 0.25) is 0 Å². The Labute approximate surface area is 142 Å². The van der Waals surface area contributed by atoms with Crippen molar-refractivity contribution in [1.29, 1.82) is 0 Å². The van der Waals surface area contributed by atoms with Gasteiger partial charge in [-0.3, -0.25) is 4.79 Å². The van der Waals surface area contributed by atoms with Gasteiger partial charge in [-0.2, -0.15) is 0 Å². The number of aromatic nitrogens is 2. The van der Waals surface area contributed by atoms with Crippen LogP contribution < -0.4 is 10.1 Å². The molecule has 5 heteroatoms. The number of amides is 1. The lowest BCUT2D eigenvalue weighted by molar-refractivity contribution is -0.113. The zero-order valence-corrected chi connectivity index (χ0v) is 14.7. The lowest BCUT2D eigenvalue weighted by Gasteiger charge is -2.62. The number of nitrogens with one attached hydrogen (secondary N) is 2. The number of rotatable bonds is 3. The van der Waals surface area contributed by atoms with E-state index < -0.39 is 0 Å². The fourth-order valence-electron chi connectivity index (χ4n) is 4.83. The monoisotopic (exact) mass is 327 g/mol. The van der Waals surface area contributed by atoms with Crippen LogP contribution in [0.4, 0.5) is 0 Å². The third-order valence-corrected chi connectivity index (χ3v) is 6.60. The normalized spacial score (nSPS) is 30.7. The predicted molar refractivity (Wildman–Crippen MR) is 93.1 cm³/mol. The minimum absolute atomic E-state index is 0.0267. The van der Waals surface area contributed by atoms with E-state index in [-0.39, 0.29) is 11.9 Å². The summed E-state index contributed by atoms with van der Waals surface area (Å²) in [5.74, 6) is 2.51. The van der Waals surface area contributed by atoms with Crippen LogP contribution in [0.15, 0.2) is 18.3 Å². The number of ether oxygens (including phenoxy) is 1. The van der Waals surface area contributed by atoms with Crippen molar-refractivity contribution in [2.24, 2.45) is 23.2 Å². The van der Waals surface area contributed by atoms with E-state index in [0.717, 1.165) is 29.2 Å². The van der Waals surface area contributed by atoms with Crippen molar-refractivity contribution < 1.29 is 9.53 Å². The van der Waals surface area contributed by atoms with Crippen molar-refractivity contribution in [3.63, 3.8) is 0 Å². The largest absolute Gasteiger partial charge is 0.481 e. The number of hydrogen-bond acceptors (Lipinski definition) is 3. The van der Waals surface area contributed by atoms with E-state index in [9.17, 15) is 4.79 Å². The maximum absolute atomic E-state index is 12.7. The topological polar surface area (TPSA) is 67.0 Å². The number of pyridine rings is 1. The Morgan fingerprint density at radius 2 is 2.17 bits per heavy atom. The highest BCUT2D eigenvalue weighted by Gasteiger charge is 2.56. The molecular weight excluding hydrogens is 302 g/mol. The maximum atomic E-state index is 12.7. The molecule has 5 rings (SSSR count). The number of fused-ring (bicyclic) bond motifs is 3. The zero-order valence-electron chi connectivity index (χ0n) is 14.7. The summed E-state index contributed by atoms with van der Waals surface area (Å²) in [5.41, 5.74) is 1.87. The lowest BCUT2D eigenvalue weighted by atomic mass is 9.45. The molecule has 0 aliphatic heterocycles. The number of aromatic amines is 1. The Morgan fingerprint density at radius 1 is 1.38 bits per heavy atom. The summed E-state index contributed by atoms with van der Waals surface area (Å²) in [6.45, 7) is 7.03. The second kappa shape index (κ2) is 5.23. The molecule has 0 spiro atoms. The molecule has 24 heavy (non-hydrogen) atoms. The molecule has 0 radical (unpaired) electrons. The quantitative estimate of drug-likeness (QED) is 0.908. The number of nitrogens with zero attached hydrogens (tertiary/aromatic N) is 1. The van der Waals surface area contributed by atoms with E-state index in [1.54, 1.807) is 13.3 Å². The minimum Gasteiger partial charge on any atom is -0.481 e. The van der Waals surface area contributed by atoms with Crippen LogP contribution in [0.3, 0.4) is 0 Å². The van der Waals surface area contributed by atoms with Gasteiger partial charge in [-0.15, -0.1) is 0 Å². The Kier molecular flexibility index (Phi) is 3.37. The van der Waals surface area contributed by atoms with Crippen molar-refractivity contribution in [1.82, 2.24) is 15.3 Å². The predicted octanol–water partition coefficient (Wildman–Crippen LogP) is 3.37. The van der Waals surface area contributed by atoms with Gasteiger partial charge in [-0.05, 0) is 42.1 Å². The molecule has 3 saturated carbocycles. The second-order valence-corrected chi connectivity index (χ2v) is 8.03. The van der Waals surface area contributed by atoms with Gasteiger partial charge in [-0.25, -0.2) is 4.98 Å². The molecule has 3 fully saturated rings. The van der Waals surface area contributed by atoms with Gasteiger partial charge in [0.05, 0.1) is 18.8 Å². The molecular formula is C19H25N3O2. The molecule has 2 heterocycles. The number of H-pyrrole nitrogens is 1. The van der Waals surface area contributed by atoms with Gasteiger partial charge < -0.3 is 15.0 Å². The standard InChI is InChI=1S/C19H25N3O2/c1-10-13-7-12(19(13,2)3)8-14(10)22-18(23)15-5-11-6-17(24-4)20-9-16(11)21-15/h5-6,9-10,12-14,21H,7-8H2,1-4H3,(H,22,23)/t10-,12+,13-,14-/m0/s1. The highest BCUT2D eigenvalue weighted by atomic mass is 16.5. The molecule has 4 atom stereocenters. The van der Waals surface area contributed by atoms with Crippen LogP contribution in [0.5, 0.6) is 5.88 Å². The summed E-state index contributed by atoms with van der Waals surface area (Å²) in [6, 6.07) is 3.98. The molecule has 2 N–H and O–H groups in total. The molecule has 5 nitrogen and oxygen atoms in total. The number of carbonyl (C=O) groups excluding carboxylic acids is 1. The Morgan fingerprint density at radius 3 is 2.83 bits per heavy atom. The van der Waals surface area contributed by atoms with Gasteiger partial charge in [-0.1, -0.05) is 20.8 Å². The molecule has 128 valence electrons. The molecule has 0 unspecified atom stereocenters. The molecule has 2 bridgehead atoms. The summed E-state index contributed by atoms with van der Waals surface area (Å²) in [6.07, 6.45) is 4.11. The third kappa shape index (κ3) is 2.21. The summed E-state index contributed by atoms with van der Waals surface area (Å²) >= 11 is 0. The van der Waals surface area contributed by atoms with Crippen LogP contribution in [0.25, 0.3) is 10.9 Å². The fraction of sp³-hybridized carbons (Fsp3) is 0.579. The van der Waals surface area contributed by atoms with Crippen LogP contribution in [0, 0.1) is 23.2 Å². The van der Waals surface area contributed by atoms with Crippen molar-refractivity contribution in [3.8, 4) is 5.88 Å². The van der Waals surface area contributed by atoms with Crippen molar-refractivity contribution in [2.45, 2.75) is 39.7 Å². The van der Waals surface area contributed by atoms with Gasteiger partial charge in [0.15, 0.2) is 0 Å². The van der Waals surface area contributed by atoms with Gasteiger partial charge in [0, 0.05) is 17.5 Å². The Balaban J connectivity index is 1.51. The van der Waals surface area contributed by atoms with Crippen molar-refractivity contribution in [3.05, 3.63) is 24.0 Å². The maximum Gasteiger partial charge on any atom is 0.267 e. The average molecular weight is 327 g/mol. The summed E-state index contributed by atoms with van der Waals surface area (Å²) in [7, 11) is 1.59. The van der Waals surface area contributed by atoms with E-state index in [2.05, 4.69) is 36.1 Å². The van der Waals surface area contributed by atoms with Gasteiger partial charge in [0.25, 0.3) is 5.91 Å². The highest BCUT2D eigenvalue weighted by molar-refractivity contribution is 5.98. The minimum atomic E-state index is -0.0267. The molecule has 2 aromatic rings. The highest BCUT2D eigenvalue weighted by Crippen LogP contribution is 2.61. The lowest BCUT2D eigenvalue weighted by Crippen LogP contribution is -2.60. The molecule has 0 aromatic carbocycles. The molecule has 0 saturated heterocycles. The van der Waals surface area contributed by atoms with Crippen LogP contribution >= 0.6 is 0 Å². The summed E-state index contributed by atoms with van der Waals surface area (Å²) in [4.78, 5) is 20.0. The first-order valence-corrected chi connectivity index (χ1v) is 8.73. The van der Waals surface area contributed by atoms with E-state index >= 15 is 0 Å². The zero-order chi connectivity index (χ0) is 17.1. The van der Waals surface area contributed by atoms with E-state index in [1.165, 1.54) is 6.42 Å². The van der Waals surface area contributed by atoms with E-state index in [1.807, 2.05) is 12.1 Å². The first-order valence-electron chi connectivity index (χ1n) is 8.73. The van der Waals surface area contributed by atoms with Gasteiger partial charge >= 0.3 is 0 Å². The Hall–Kier alpha value is -2.04. The number of hydrogen-bond donors (Lipinski definition) is 2. The summed E-state index contributed by atoms with van der Waals surface area (Å²) in [5, 5.41) is 4.19. The SMILES string of the molecule is COc1cc2cc(C(=O)N[C@H]3C[C@H]4C[C@@H]([C@@H]3C)C4(C)C)[nH]c2cn1. The van der Waals surface area contributed by atoms with Crippen LogP contribution in [0.1, 0.15) is 44.1 Å². The molecule has 3 aliphatic carbocycles. The smallest absolute Gasteiger partial charge is 0.267 e. The van der Waals surface area contributed by atoms with Crippen LogP contribution in [-0.2, 0) is 0 Å². The van der Waals surface area contributed by atoms with Crippen molar-refractivity contribution >= 4 is 16.8 Å². The number of methoxy groups -OCH3 is 1. The molecule has 3 aliphatic rings. The van der Waals surface area contributed by atoms with Crippen LogP contribution in [-0.4, -0.2) is 29.0 Å². The average Bonchev–Trinajstić information content (AvgIpc) is 2.99. The van der Waals surface area contributed by atoms with Crippen molar-refractivity contribution in [2.75, 3.05) is 7.11 Å². The van der Waals surface area contributed by atoms with Gasteiger partial charge in [0.2, 0.25) is 5.88 Å². The fourth-order valence-corrected chi connectivity index (χ4v) is 4.83. The van der Waals surface area contributed by atoms with E-state index in [0.29, 0.717) is 22.9 Å². The first kappa shape index (κ1) is 15.5. The van der Waals surface area contributed by atoms with Gasteiger partial charge in [0.1, 0.15) is 5.69 Å².